The molecule has 5 rings (SSSR count). The molecule has 150 valence electrons. The zero-order valence-electron chi connectivity index (χ0n) is 16.2. The topological polar surface area (TPSA) is 81.4 Å². The Balaban J connectivity index is 1.45. The first-order chi connectivity index (χ1) is 14.1. The van der Waals surface area contributed by atoms with Crippen LogP contribution in [0.2, 0.25) is 0 Å². The Morgan fingerprint density at radius 1 is 1.17 bits per heavy atom. The minimum absolute atomic E-state index is 0.0134. The van der Waals surface area contributed by atoms with Crippen molar-refractivity contribution in [3.8, 4) is 11.5 Å². The monoisotopic (exact) mass is 410 g/mol. The molecule has 0 radical (unpaired) electrons. The van der Waals surface area contributed by atoms with Gasteiger partial charge in [0.25, 0.3) is 5.91 Å². The van der Waals surface area contributed by atoms with E-state index in [0.717, 1.165) is 28.2 Å². The summed E-state index contributed by atoms with van der Waals surface area (Å²) in [5.74, 6) is 1.20. The van der Waals surface area contributed by atoms with Gasteiger partial charge in [-0.05, 0) is 44.0 Å². The van der Waals surface area contributed by atoms with E-state index in [1.165, 1.54) is 0 Å². The zero-order chi connectivity index (χ0) is 19.8. The molecule has 0 aliphatic carbocycles. The minimum atomic E-state index is -0.0811. The molecule has 3 aromatic heterocycles. The lowest BCUT2D eigenvalue weighted by Crippen LogP contribution is -2.37. The van der Waals surface area contributed by atoms with E-state index in [1.807, 2.05) is 36.1 Å². The van der Waals surface area contributed by atoms with Gasteiger partial charge in [-0.2, -0.15) is 0 Å². The molecule has 2 aliphatic rings. The Bertz CT molecular complexity index is 1010. The number of carbonyl (C=O) groups is 1. The first-order valence-electron chi connectivity index (χ1n) is 9.82. The van der Waals surface area contributed by atoms with E-state index in [2.05, 4.69) is 15.2 Å². The van der Waals surface area contributed by atoms with E-state index in [0.29, 0.717) is 38.1 Å². The summed E-state index contributed by atoms with van der Waals surface area (Å²) in [6.45, 7) is 4.70. The van der Waals surface area contributed by atoms with Crippen LogP contribution in [0.3, 0.4) is 0 Å². The van der Waals surface area contributed by atoms with Gasteiger partial charge in [0, 0.05) is 54.6 Å². The molecule has 0 saturated carbocycles. The summed E-state index contributed by atoms with van der Waals surface area (Å²) in [6, 6.07) is 7.62. The molecule has 29 heavy (non-hydrogen) atoms. The summed E-state index contributed by atoms with van der Waals surface area (Å²) < 4.78 is 11.7. The lowest BCUT2D eigenvalue weighted by atomic mass is 9.72. The van der Waals surface area contributed by atoms with Gasteiger partial charge in [-0.25, -0.2) is 0 Å². The molecule has 1 unspecified atom stereocenters. The Labute approximate surface area is 172 Å². The van der Waals surface area contributed by atoms with Crippen molar-refractivity contribution in [3.05, 3.63) is 52.3 Å². The van der Waals surface area contributed by atoms with Gasteiger partial charge in [-0.3, -0.25) is 9.78 Å². The standard InChI is InChI=1S/C21H22N4O3S/c1-14-2-3-17(29-14)20(26)25-12-16(21(13-25)6-10-27-11-7-21)19-24-23-18(28-19)15-4-8-22-9-5-15/h2-5,8-9,16H,6-7,10-13H2,1H3. The van der Waals surface area contributed by atoms with Crippen LogP contribution in [-0.4, -0.2) is 52.3 Å². The number of hydrogen-bond donors (Lipinski definition) is 0. The Hall–Kier alpha value is -2.58. The van der Waals surface area contributed by atoms with E-state index in [9.17, 15) is 4.79 Å². The normalized spacial score (nSPS) is 21.0. The zero-order valence-corrected chi connectivity index (χ0v) is 17.0. The van der Waals surface area contributed by atoms with E-state index in [-0.39, 0.29) is 17.2 Å². The van der Waals surface area contributed by atoms with Crippen LogP contribution in [0, 0.1) is 12.3 Å². The number of amides is 1. The van der Waals surface area contributed by atoms with E-state index >= 15 is 0 Å². The predicted molar refractivity (Wildman–Crippen MR) is 108 cm³/mol. The van der Waals surface area contributed by atoms with Crippen LogP contribution in [-0.2, 0) is 4.74 Å². The number of hydrogen-bond acceptors (Lipinski definition) is 7. The summed E-state index contributed by atoms with van der Waals surface area (Å²) in [6.07, 6.45) is 5.19. The van der Waals surface area contributed by atoms with Crippen LogP contribution in [0.25, 0.3) is 11.5 Å². The van der Waals surface area contributed by atoms with Crippen molar-refractivity contribution in [2.45, 2.75) is 25.7 Å². The average Bonchev–Trinajstić information content (AvgIpc) is 3.48. The Morgan fingerprint density at radius 3 is 2.69 bits per heavy atom. The fourth-order valence-electron chi connectivity index (χ4n) is 4.44. The third-order valence-corrected chi connectivity index (χ3v) is 7.03. The third-order valence-electron chi connectivity index (χ3n) is 6.04. The number of likely N-dealkylation sites (tertiary alicyclic amines) is 1. The van der Waals surface area contributed by atoms with Crippen molar-refractivity contribution in [2.75, 3.05) is 26.3 Å². The van der Waals surface area contributed by atoms with Crippen LogP contribution >= 0.6 is 11.3 Å². The quantitative estimate of drug-likeness (QED) is 0.657. The van der Waals surface area contributed by atoms with E-state index in [1.54, 1.807) is 23.7 Å². The van der Waals surface area contributed by atoms with Crippen molar-refractivity contribution in [2.24, 2.45) is 5.41 Å². The molecule has 1 amide bonds. The van der Waals surface area contributed by atoms with Crippen LogP contribution in [0.1, 0.15) is 39.2 Å². The first-order valence-corrected chi connectivity index (χ1v) is 10.6. The molecule has 2 aliphatic heterocycles. The molecule has 3 aromatic rings. The van der Waals surface area contributed by atoms with Crippen LogP contribution < -0.4 is 0 Å². The van der Waals surface area contributed by atoms with Crippen molar-refractivity contribution >= 4 is 17.2 Å². The van der Waals surface area contributed by atoms with Gasteiger partial charge in [-0.15, -0.1) is 21.5 Å². The molecule has 7 nitrogen and oxygen atoms in total. The number of aromatic nitrogens is 3. The number of rotatable bonds is 3. The van der Waals surface area contributed by atoms with Crippen molar-refractivity contribution < 1.29 is 13.9 Å². The largest absolute Gasteiger partial charge is 0.420 e. The van der Waals surface area contributed by atoms with Gasteiger partial charge in [0.15, 0.2) is 0 Å². The van der Waals surface area contributed by atoms with Gasteiger partial charge >= 0.3 is 0 Å². The van der Waals surface area contributed by atoms with Crippen molar-refractivity contribution in [1.29, 1.82) is 0 Å². The fraction of sp³-hybridized carbons (Fsp3) is 0.429. The molecule has 2 fully saturated rings. The van der Waals surface area contributed by atoms with Gasteiger partial charge < -0.3 is 14.1 Å². The highest BCUT2D eigenvalue weighted by atomic mass is 32.1. The van der Waals surface area contributed by atoms with Gasteiger partial charge in [-0.1, -0.05) is 0 Å². The smallest absolute Gasteiger partial charge is 0.263 e. The van der Waals surface area contributed by atoms with E-state index < -0.39 is 0 Å². The van der Waals surface area contributed by atoms with Crippen LogP contribution in [0.5, 0.6) is 0 Å². The number of thiophene rings is 1. The molecule has 0 aromatic carbocycles. The molecule has 1 atom stereocenters. The number of nitrogens with zero attached hydrogens (tertiary/aromatic N) is 4. The minimum Gasteiger partial charge on any atom is -0.420 e. The number of pyridine rings is 1. The second-order valence-corrected chi connectivity index (χ2v) is 9.09. The van der Waals surface area contributed by atoms with Crippen molar-refractivity contribution in [1.82, 2.24) is 20.1 Å². The number of carbonyl (C=O) groups excluding carboxylic acids is 1. The van der Waals surface area contributed by atoms with E-state index in [4.69, 9.17) is 9.15 Å². The lowest BCUT2D eigenvalue weighted by Gasteiger charge is -2.36. The summed E-state index contributed by atoms with van der Waals surface area (Å²) >= 11 is 1.54. The van der Waals surface area contributed by atoms with Gasteiger partial charge in [0.1, 0.15) is 0 Å². The lowest BCUT2D eigenvalue weighted by molar-refractivity contribution is 0.00910. The Morgan fingerprint density at radius 2 is 1.97 bits per heavy atom. The number of ether oxygens (including phenoxy) is 1. The molecular weight excluding hydrogens is 388 g/mol. The molecule has 0 bridgehead atoms. The molecule has 0 N–H and O–H groups in total. The number of aryl methyl sites for hydroxylation is 1. The predicted octanol–water partition coefficient (Wildman–Crippen LogP) is 3.54. The highest BCUT2D eigenvalue weighted by Crippen LogP contribution is 2.49. The van der Waals surface area contributed by atoms with Crippen LogP contribution in [0.4, 0.5) is 0 Å². The SMILES string of the molecule is Cc1ccc(C(=O)N2CC(c3nnc(-c4ccncc4)o3)C3(CCOCC3)C2)s1. The van der Waals surface area contributed by atoms with Crippen LogP contribution in [0.15, 0.2) is 41.1 Å². The molecule has 8 heteroatoms. The van der Waals surface area contributed by atoms with Gasteiger partial charge in [0.2, 0.25) is 11.8 Å². The Kier molecular flexibility index (Phi) is 4.67. The average molecular weight is 410 g/mol. The molecular formula is C21H22N4O3S. The second-order valence-electron chi connectivity index (χ2n) is 7.80. The van der Waals surface area contributed by atoms with Crippen molar-refractivity contribution in [3.63, 3.8) is 0 Å². The molecule has 2 saturated heterocycles. The maximum Gasteiger partial charge on any atom is 0.263 e. The fourth-order valence-corrected chi connectivity index (χ4v) is 5.28. The summed E-state index contributed by atoms with van der Waals surface area (Å²) in [7, 11) is 0. The third kappa shape index (κ3) is 3.36. The molecule has 1 spiro atoms. The highest BCUT2D eigenvalue weighted by molar-refractivity contribution is 7.13. The van der Waals surface area contributed by atoms with Gasteiger partial charge in [0.05, 0.1) is 10.8 Å². The first kappa shape index (κ1) is 18.4. The highest BCUT2D eigenvalue weighted by Gasteiger charge is 2.51. The molecule has 5 heterocycles. The summed E-state index contributed by atoms with van der Waals surface area (Å²) in [5.41, 5.74) is 0.766. The maximum atomic E-state index is 13.1. The summed E-state index contributed by atoms with van der Waals surface area (Å²) in [4.78, 5) is 21.0. The second kappa shape index (κ2) is 7.35. The summed E-state index contributed by atoms with van der Waals surface area (Å²) in [5, 5.41) is 8.64. The maximum absolute atomic E-state index is 13.1.